The molecule has 5 fully saturated rings. The largest absolute Gasteiger partial charge is 0.489 e. The Balaban J connectivity index is 0.842. The zero-order chi connectivity index (χ0) is 49.9. The molecule has 382 valence electrons. The lowest BCUT2D eigenvalue weighted by Crippen LogP contribution is -2.54. The molecular weight excluding hydrogens is 939 g/mol. The maximum Gasteiger partial charge on any atom is 0.297 e. The van der Waals surface area contributed by atoms with Crippen LogP contribution in [-0.2, 0) is 14.8 Å². The highest BCUT2D eigenvalue weighted by Crippen LogP contribution is 2.55. The van der Waals surface area contributed by atoms with E-state index in [0.29, 0.717) is 69.0 Å². The Labute approximate surface area is 420 Å². The highest BCUT2D eigenvalue weighted by molar-refractivity contribution is 7.90. The number of carbonyl (C=O) groups excluding carboxylic acids is 1. The van der Waals surface area contributed by atoms with E-state index in [2.05, 4.69) is 62.9 Å². The van der Waals surface area contributed by atoms with Gasteiger partial charge in [-0.15, -0.1) is 0 Å². The van der Waals surface area contributed by atoms with Crippen LogP contribution in [0.1, 0.15) is 125 Å². The van der Waals surface area contributed by atoms with Gasteiger partial charge in [0.15, 0.2) is 17.2 Å². The molecule has 3 aromatic carbocycles. The number of aromatic amines is 1. The number of benzene rings is 3. The van der Waals surface area contributed by atoms with E-state index < -0.39 is 37.0 Å². The number of carbonyl (C=O) groups is 1. The second kappa shape index (κ2) is 19.1. The molecule has 72 heavy (non-hydrogen) atoms. The van der Waals surface area contributed by atoms with E-state index in [-0.39, 0.29) is 64.5 Å². The number of rotatable bonds is 13. The normalized spacial score (nSPS) is 25.4. The topological polar surface area (TPSA) is 211 Å². The van der Waals surface area contributed by atoms with E-state index in [0.717, 1.165) is 49.6 Å². The second-order valence-corrected chi connectivity index (χ2v) is 23.4. The smallest absolute Gasteiger partial charge is 0.297 e. The standard InChI is InChI=1S/C54H65N7O10S/c1-33(2)40-7-4-5-8-41(40)44-9-6-21-60(44)37-29-54(30-37)18-22-59(23-19-54)36-10-11-42(46(26-36)71-48-25-35-14-20-55-50(35)57-52(48)70-38-15-24-68-31-38)51(62)58-72(66,67)39-27-45(61(64)65)49-47(28-39)69-32-43(56-49)34-12-16-53(3,63)17-13-34/h4-5,7-8,10-11,14,20,25-28,33-34,37-38,43-44,56,63H,6,9,12-13,15-19,21-24,29-32H2,1-3H3,(H,55,57)(H,58,62)/t34-,38-,43-,44-,53-/m1/s1. The molecule has 1 amide bonds. The summed E-state index contributed by atoms with van der Waals surface area (Å²) >= 11 is 0. The van der Waals surface area contributed by atoms with Gasteiger partial charge in [-0.05, 0) is 130 Å². The number of H-pyrrole nitrogens is 1. The molecule has 3 saturated heterocycles. The minimum absolute atomic E-state index is 0.00863. The predicted molar refractivity (Wildman–Crippen MR) is 272 cm³/mol. The Kier molecular flexibility index (Phi) is 12.9. The van der Waals surface area contributed by atoms with Crippen molar-refractivity contribution in [1.82, 2.24) is 19.6 Å². The number of aliphatic hydroxyl groups is 1. The molecule has 11 rings (SSSR count). The van der Waals surface area contributed by atoms with Crippen LogP contribution >= 0.6 is 0 Å². The Hall–Kier alpha value is -5.95. The Morgan fingerprint density at radius 3 is 2.51 bits per heavy atom. The number of piperidine rings is 1. The summed E-state index contributed by atoms with van der Waals surface area (Å²) in [5.41, 5.74) is 3.33. The Bertz CT molecular complexity index is 2960. The first-order valence-corrected chi connectivity index (χ1v) is 27.2. The summed E-state index contributed by atoms with van der Waals surface area (Å²) in [5, 5.41) is 27.0. The number of nitro benzene ring substituents is 1. The van der Waals surface area contributed by atoms with Crippen LogP contribution in [0.15, 0.2) is 77.8 Å². The van der Waals surface area contributed by atoms with Gasteiger partial charge in [0.05, 0.1) is 40.2 Å². The number of pyridine rings is 1. The van der Waals surface area contributed by atoms with Crippen LogP contribution in [0.25, 0.3) is 11.0 Å². The minimum atomic E-state index is -4.72. The Morgan fingerprint density at radius 2 is 1.76 bits per heavy atom. The number of likely N-dealkylation sites (tertiary alicyclic amines) is 1. The molecule has 3 atom stereocenters. The summed E-state index contributed by atoms with van der Waals surface area (Å²) in [5.74, 6) is 0.0550. The number of hydrogen-bond acceptors (Lipinski definition) is 14. The summed E-state index contributed by atoms with van der Waals surface area (Å²) in [6.45, 7) is 10.2. The number of fused-ring (bicyclic) bond motifs is 2. The van der Waals surface area contributed by atoms with E-state index in [1.54, 1.807) is 24.4 Å². The van der Waals surface area contributed by atoms with Crippen molar-refractivity contribution in [2.24, 2.45) is 11.3 Å². The average Bonchev–Trinajstić information content (AvgIpc) is 4.16. The third-order valence-electron chi connectivity index (χ3n) is 16.5. The van der Waals surface area contributed by atoms with Gasteiger partial charge in [-0.25, -0.2) is 13.1 Å². The zero-order valence-electron chi connectivity index (χ0n) is 41.2. The highest BCUT2D eigenvalue weighted by atomic mass is 32.2. The zero-order valence-corrected chi connectivity index (χ0v) is 42.0. The van der Waals surface area contributed by atoms with Crippen LogP contribution in [0.2, 0.25) is 0 Å². The molecular formula is C54H65N7O10S. The van der Waals surface area contributed by atoms with Gasteiger partial charge >= 0.3 is 0 Å². The van der Waals surface area contributed by atoms with Gasteiger partial charge in [0.1, 0.15) is 24.1 Å². The van der Waals surface area contributed by atoms with Crippen molar-refractivity contribution in [2.45, 2.75) is 132 Å². The maximum atomic E-state index is 14.4. The molecule has 4 aliphatic heterocycles. The first-order valence-electron chi connectivity index (χ1n) is 25.8. The number of nitrogens with zero attached hydrogens (tertiary/aromatic N) is 4. The second-order valence-electron chi connectivity index (χ2n) is 21.7. The summed E-state index contributed by atoms with van der Waals surface area (Å²) < 4.78 is 55.1. The molecule has 17 nitrogen and oxygen atoms in total. The number of anilines is 2. The molecule has 0 radical (unpaired) electrons. The molecule has 1 spiro atoms. The average molecular weight is 1000 g/mol. The number of hydrogen-bond donors (Lipinski definition) is 4. The SMILES string of the molecule is CC(C)c1ccccc1[C@H]1CCCN1C1CC2(CCN(c3ccc(C(=O)NS(=O)(=O)c4cc5c(c([N+](=O)[O-])c4)N[C@@H]([C@H]4CC[C@](C)(O)CC4)CO5)c(Oc4cc5cc[nH]c5nc4O[C@@H]4CCOC4)c3)CC2)C1. The van der Waals surface area contributed by atoms with Crippen molar-refractivity contribution in [3.63, 3.8) is 0 Å². The minimum Gasteiger partial charge on any atom is -0.489 e. The third kappa shape index (κ3) is 9.58. The number of sulfonamides is 1. The molecule has 0 unspecified atom stereocenters. The van der Waals surface area contributed by atoms with Crippen molar-refractivity contribution in [1.29, 1.82) is 0 Å². The van der Waals surface area contributed by atoms with E-state index >= 15 is 0 Å². The molecule has 18 heteroatoms. The lowest BCUT2D eigenvalue weighted by Gasteiger charge is -2.56. The van der Waals surface area contributed by atoms with Gasteiger partial charge in [0.25, 0.3) is 27.5 Å². The third-order valence-corrected chi connectivity index (χ3v) is 17.9. The van der Waals surface area contributed by atoms with Crippen molar-refractivity contribution in [3.05, 3.63) is 99.7 Å². The van der Waals surface area contributed by atoms with Crippen LogP contribution in [0.3, 0.4) is 0 Å². The lowest BCUT2D eigenvalue weighted by atomic mass is 9.59. The van der Waals surface area contributed by atoms with E-state index in [1.807, 2.05) is 19.1 Å². The van der Waals surface area contributed by atoms with Crippen LogP contribution < -0.4 is 29.1 Å². The quantitative estimate of drug-likeness (QED) is 0.0640. The first kappa shape index (κ1) is 48.3. The fourth-order valence-electron chi connectivity index (χ4n) is 12.4. The van der Waals surface area contributed by atoms with Crippen LogP contribution in [0.5, 0.6) is 23.1 Å². The molecule has 0 bridgehead atoms. The Morgan fingerprint density at radius 1 is 0.972 bits per heavy atom. The highest BCUT2D eigenvalue weighted by Gasteiger charge is 2.50. The monoisotopic (exact) mass is 1000 g/mol. The number of aromatic nitrogens is 2. The van der Waals surface area contributed by atoms with Gasteiger partial charge in [-0.2, -0.15) is 4.98 Å². The first-order chi connectivity index (χ1) is 34.6. The summed E-state index contributed by atoms with van der Waals surface area (Å²) in [7, 11) is -4.72. The summed E-state index contributed by atoms with van der Waals surface area (Å²) in [4.78, 5) is 38.7. The van der Waals surface area contributed by atoms with Crippen molar-refractivity contribution < 1.29 is 42.2 Å². The fourth-order valence-corrected chi connectivity index (χ4v) is 13.4. The van der Waals surface area contributed by atoms with Gasteiger partial charge < -0.3 is 39.3 Å². The van der Waals surface area contributed by atoms with Gasteiger partial charge in [0, 0.05) is 67.1 Å². The molecule has 6 aliphatic rings. The van der Waals surface area contributed by atoms with Gasteiger partial charge in [-0.1, -0.05) is 38.1 Å². The van der Waals surface area contributed by atoms with Crippen LogP contribution in [-0.4, -0.2) is 102 Å². The molecule has 4 N–H and O–H groups in total. The van der Waals surface area contributed by atoms with Gasteiger partial charge in [0.2, 0.25) is 0 Å². The lowest BCUT2D eigenvalue weighted by molar-refractivity contribution is -0.384. The van der Waals surface area contributed by atoms with Crippen molar-refractivity contribution in [2.75, 3.05) is 49.7 Å². The van der Waals surface area contributed by atoms with E-state index in [9.17, 15) is 28.4 Å². The number of nitro groups is 1. The van der Waals surface area contributed by atoms with Crippen molar-refractivity contribution in [3.8, 4) is 23.1 Å². The number of amides is 1. The molecule has 2 aromatic heterocycles. The maximum absolute atomic E-state index is 14.4. The van der Waals surface area contributed by atoms with E-state index in [1.165, 1.54) is 42.9 Å². The van der Waals surface area contributed by atoms with Crippen LogP contribution in [0.4, 0.5) is 17.1 Å². The predicted octanol–water partition coefficient (Wildman–Crippen LogP) is 9.37. The van der Waals surface area contributed by atoms with E-state index in [4.69, 9.17) is 23.9 Å². The number of nitrogens with one attached hydrogen (secondary N) is 3. The molecule has 2 aliphatic carbocycles. The van der Waals surface area contributed by atoms with Crippen molar-refractivity contribution >= 4 is 44.0 Å². The summed E-state index contributed by atoms with van der Waals surface area (Å²) in [6.07, 6.45) is 11.5. The fraction of sp³-hybridized carbons (Fsp3) is 0.519. The molecule has 6 heterocycles. The molecule has 5 aromatic rings. The molecule has 2 saturated carbocycles. The summed E-state index contributed by atoms with van der Waals surface area (Å²) in [6, 6.07) is 20.6. The number of ether oxygens (including phenoxy) is 4. The van der Waals surface area contributed by atoms with Crippen LogP contribution in [0, 0.1) is 21.4 Å². The van der Waals surface area contributed by atoms with Gasteiger partial charge in [-0.3, -0.25) is 19.8 Å².